The zero-order chi connectivity index (χ0) is 34.7. The van der Waals surface area contributed by atoms with Crippen LogP contribution >= 0.6 is 11.6 Å². The molecule has 2 aliphatic heterocycles. The van der Waals surface area contributed by atoms with Crippen LogP contribution in [0, 0.1) is 12.7 Å². The molecule has 11 nitrogen and oxygen atoms in total. The first kappa shape index (κ1) is 34.4. The fourth-order valence-corrected chi connectivity index (χ4v) is 6.79. The van der Waals surface area contributed by atoms with Crippen molar-refractivity contribution in [3.63, 3.8) is 0 Å². The third-order valence-corrected chi connectivity index (χ3v) is 9.53. The van der Waals surface area contributed by atoms with E-state index in [4.69, 9.17) is 16.3 Å². The number of rotatable bonds is 12. The van der Waals surface area contributed by atoms with Crippen LogP contribution in [0.15, 0.2) is 36.5 Å². The predicted octanol–water partition coefficient (Wildman–Crippen LogP) is 4.99. The van der Waals surface area contributed by atoms with E-state index in [0.717, 1.165) is 36.3 Å². The molecule has 258 valence electrons. The van der Waals surface area contributed by atoms with E-state index in [1.165, 1.54) is 13.2 Å². The number of anilines is 1. The number of imidazole rings is 1. The van der Waals surface area contributed by atoms with Gasteiger partial charge in [-0.3, -0.25) is 23.9 Å². The van der Waals surface area contributed by atoms with Crippen molar-refractivity contribution in [1.29, 1.82) is 0 Å². The highest BCUT2D eigenvalue weighted by Crippen LogP contribution is 2.38. The topological polar surface area (TPSA) is 126 Å². The summed E-state index contributed by atoms with van der Waals surface area (Å²) in [5.41, 5.74) is 5.27. The van der Waals surface area contributed by atoms with Gasteiger partial charge in [0.25, 0.3) is 5.91 Å². The Balaban J connectivity index is 1.22. The van der Waals surface area contributed by atoms with Crippen LogP contribution in [0.4, 0.5) is 14.5 Å². The number of fused-ring (bicyclic) bond motifs is 1. The van der Waals surface area contributed by atoms with Crippen LogP contribution in [-0.4, -0.2) is 75.7 Å². The van der Waals surface area contributed by atoms with Gasteiger partial charge in [0.2, 0.25) is 11.8 Å². The van der Waals surface area contributed by atoms with Crippen molar-refractivity contribution in [2.45, 2.75) is 51.7 Å². The minimum atomic E-state index is -0.511. The third kappa shape index (κ3) is 7.29. The molecule has 49 heavy (non-hydrogen) atoms. The van der Waals surface area contributed by atoms with Crippen LogP contribution in [0.2, 0.25) is 5.02 Å². The summed E-state index contributed by atoms with van der Waals surface area (Å²) >= 11 is 6.94. The van der Waals surface area contributed by atoms with Gasteiger partial charge >= 0.3 is 0 Å². The molecule has 1 saturated heterocycles. The van der Waals surface area contributed by atoms with Gasteiger partial charge in [0.05, 0.1) is 41.5 Å². The van der Waals surface area contributed by atoms with E-state index in [1.807, 2.05) is 24.6 Å². The molecule has 0 saturated carbocycles. The average molecular weight is 693 g/mol. The average Bonchev–Trinajstić information content (AvgIpc) is 3.67. The van der Waals surface area contributed by atoms with Gasteiger partial charge in [0, 0.05) is 93.4 Å². The van der Waals surface area contributed by atoms with Crippen LogP contribution in [0.3, 0.4) is 0 Å². The predicted molar refractivity (Wildman–Crippen MR) is 183 cm³/mol. The number of benzene rings is 1. The number of hydrogen-bond acceptors (Lipinski definition) is 8. The SMILES string of the molecule is COc1nc(-c2ccnc(-c3cccc(NC(=O)c4nc5c(n4C)CCN(CCCF)C5)c3C)c2Cl)cc(F)c1CNCC1CCC(=O)N1. The molecule has 5 heterocycles. The Morgan fingerprint density at radius 2 is 2.04 bits per heavy atom. The first-order valence-electron chi connectivity index (χ1n) is 16.3. The minimum Gasteiger partial charge on any atom is -0.481 e. The first-order chi connectivity index (χ1) is 23.7. The van der Waals surface area contributed by atoms with Crippen molar-refractivity contribution in [1.82, 2.24) is 35.1 Å². The van der Waals surface area contributed by atoms with Gasteiger partial charge in [-0.05, 0) is 37.5 Å². The number of methoxy groups -OCH3 is 1. The highest BCUT2D eigenvalue weighted by atomic mass is 35.5. The number of amides is 2. The largest absolute Gasteiger partial charge is 0.481 e. The van der Waals surface area contributed by atoms with Crippen LogP contribution in [-0.2, 0) is 31.4 Å². The summed E-state index contributed by atoms with van der Waals surface area (Å²) in [6.07, 6.45) is 4.01. The number of aromatic nitrogens is 4. The maximum absolute atomic E-state index is 15.5. The van der Waals surface area contributed by atoms with Crippen molar-refractivity contribution in [3.05, 3.63) is 75.7 Å². The van der Waals surface area contributed by atoms with Crippen molar-refractivity contribution in [2.24, 2.45) is 7.05 Å². The highest BCUT2D eigenvalue weighted by Gasteiger charge is 2.26. The van der Waals surface area contributed by atoms with E-state index in [9.17, 15) is 14.0 Å². The Morgan fingerprint density at radius 3 is 2.80 bits per heavy atom. The molecular formula is C35H39ClF2N8O3. The van der Waals surface area contributed by atoms with E-state index in [1.54, 1.807) is 24.4 Å². The Hall–Kier alpha value is -4.46. The zero-order valence-corrected chi connectivity index (χ0v) is 28.5. The number of carbonyl (C=O) groups is 2. The fourth-order valence-electron chi connectivity index (χ4n) is 6.48. The van der Waals surface area contributed by atoms with Gasteiger partial charge in [-0.2, -0.15) is 0 Å². The molecule has 0 radical (unpaired) electrons. The molecule has 1 unspecified atom stereocenters. The first-order valence-corrected chi connectivity index (χ1v) is 16.7. The standard InChI is InChI=1S/C35H39ClF2N8O3/c1-20-22(6-4-7-26(20)43-34(48)33-42-28-19-46(14-5-12-37)15-11-29(28)45(33)2)32-31(36)23(10-13-40-32)27-16-25(38)24(35(44-27)49-3)18-39-17-21-8-9-30(47)41-21/h4,6-7,10,13,16,21,39H,5,8-9,11-12,14-15,17-19H2,1-3H3,(H,41,47)(H,43,48). The molecular weight excluding hydrogens is 654 g/mol. The minimum absolute atomic E-state index is 0.00411. The van der Waals surface area contributed by atoms with Crippen LogP contribution in [0.25, 0.3) is 22.5 Å². The number of hydrogen-bond donors (Lipinski definition) is 3. The number of ether oxygens (including phenoxy) is 1. The summed E-state index contributed by atoms with van der Waals surface area (Å²) < 4.78 is 35.5. The second kappa shape index (κ2) is 15.0. The van der Waals surface area contributed by atoms with Crippen molar-refractivity contribution in [2.75, 3.05) is 38.7 Å². The number of nitrogens with zero attached hydrogens (tertiary/aromatic N) is 5. The molecule has 1 fully saturated rings. The molecule has 0 bridgehead atoms. The summed E-state index contributed by atoms with van der Waals surface area (Å²) in [6.45, 7) is 4.20. The van der Waals surface area contributed by atoms with Gasteiger partial charge in [-0.25, -0.2) is 14.4 Å². The van der Waals surface area contributed by atoms with Gasteiger partial charge in [0.1, 0.15) is 5.82 Å². The fraction of sp³-hybridized carbons (Fsp3) is 0.400. The number of alkyl halides is 1. The number of carbonyl (C=O) groups excluding carboxylic acids is 2. The van der Waals surface area contributed by atoms with E-state index in [2.05, 4.69) is 35.8 Å². The summed E-state index contributed by atoms with van der Waals surface area (Å²) in [5, 5.41) is 9.33. The molecule has 1 atom stereocenters. The molecule has 6 rings (SSSR count). The molecule has 2 amide bonds. The molecule has 2 aliphatic rings. The summed E-state index contributed by atoms with van der Waals surface area (Å²) in [7, 11) is 3.27. The van der Waals surface area contributed by atoms with E-state index < -0.39 is 5.82 Å². The second-order valence-electron chi connectivity index (χ2n) is 12.3. The summed E-state index contributed by atoms with van der Waals surface area (Å²) in [6, 6.07) is 8.43. The maximum atomic E-state index is 15.5. The number of nitrogens with one attached hydrogen (secondary N) is 3. The zero-order valence-electron chi connectivity index (χ0n) is 27.7. The Bertz CT molecular complexity index is 1880. The molecule has 0 spiro atoms. The lowest BCUT2D eigenvalue weighted by atomic mass is 10.0. The van der Waals surface area contributed by atoms with Crippen LogP contribution < -0.4 is 20.7 Å². The molecule has 4 aromatic rings. The number of halogens is 3. The van der Waals surface area contributed by atoms with E-state index in [-0.39, 0.29) is 53.2 Å². The van der Waals surface area contributed by atoms with Crippen molar-refractivity contribution >= 4 is 29.1 Å². The lowest BCUT2D eigenvalue weighted by molar-refractivity contribution is -0.119. The van der Waals surface area contributed by atoms with E-state index in [0.29, 0.717) is 60.8 Å². The molecule has 14 heteroatoms. The van der Waals surface area contributed by atoms with Crippen molar-refractivity contribution < 1.29 is 23.1 Å². The molecule has 3 aromatic heterocycles. The summed E-state index contributed by atoms with van der Waals surface area (Å²) in [4.78, 5) is 40.9. The lowest BCUT2D eigenvalue weighted by Gasteiger charge is -2.26. The second-order valence-corrected chi connectivity index (χ2v) is 12.7. The summed E-state index contributed by atoms with van der Waals surface area (Å²) in [5.74, 6) is -0.425. The van der Waals surface area contributed by atoms with Gasteiger partial charge in [-0.15, -0.1) is 0 Å². The lowest BCUT2D eigenvalue weighted by Crippen LogP contribution is -2.35. The quantitative estimate of drug-likeness (QED) is 0.190. The maximum Gasteiger partial charge on any atom is 0.291 e. The van der Waals surface area contributed by atoms with E-state index >= 15 is 4.39 Å². The highest BCUT2D eigenvalue weighted by molar-refractivity contribution is 6.35. The number of pyridine rings is 2. The third-order valence-electron chi connectivity index (χ3n) is 9.15. The molecule has 0 aliphatic carbocycles. The van der Waals surface area contributed by atoms with Crippen LogP contribution in [0.5, 0.6) is 5.88 Å². The van der Waals surface area contributed by atoms with Gasteiger partial charge in [-0.1, -0.05) is 23.7 Å². The van der Waals surface area contributed by atoms with Gasteiger partial charge in [0.15, 0.2) is 5.82 Å². The normalized spacial score (nSPS) is 16.0. The monoisotopic (exact) mass is 692 g/mol. The molecule has 3 N–H and O–H groups in total. The van der Waals surface area contributed by atoms with Crippen LogP contribution in [0.1, 0.15) is 52.4 Å². The smallest absolute Gasteiger partial charge is 0.291 e. The Kier molecular flexibility index (Phi) is 10.5. The van der Waals surface area contributed by atoms with Crippen molar-refractivity contribution in [3.8, 4) is 28.4 Å². The Labute approximate surface area is 288 Å². The Morgan fingerprint density at radius 1 is 1.20 bits per heavy atom. The van der Waals surface area contributed by atoms with Gasteiger partial charge < -0.3 is 25.3 Å². The molecule has 1 aromatic carbocycles.